The van der Waals surface area contributed by atoms with Gasteiger partial charge in [-0.05, 0) is 25.2 Å². The van der Waals surface area contributed by atoms with Crippen molar-refractivity contribution in [2.45, 2.75) is 31.7 Å². The van der Waals surface area contributed by atoms with E-state index in [2.05, 4.69) is 10.6 Å². The molecule has 1 aliphatic carbocycles. The van der Waals surface area contributed by atoms with Gasteiger partial charge in [-0.2, -0.15) is 0 Å². The van der Waals surface area contributed by atoms with E-state index in [1.807, 2.05) is 0 Å². The summed E-state index contributed by atoms with van der Waals surface area (Å²) in [5.74, 6) is -0.666. The largest absolute Gasteiger partial charge is 0.481 e. The highest BCUT2D eigenvalue weighted by atomic mass is 32.2. The van der Waals surface area contributed by atoms with E-state index >= 15 is 0 Å². The van der Waals surface area contributed by atoms with Crippen LogP contribution in [0.2, 0.25) is 0 Å². The van der Waals surface area contributed by atoms with Gasteiger partial charge in [0.1, 0.15) is 9.84 Å². The van der Waals surface area contributed by atoms with E-state index in [0.29, 0.717) is 6.42 Å². The summed E-state index contributed by atoms with van der Waals surface area (Å²) in [5.41, 5.74) is 0. The molecule has 0 radical (unpaired) electrons. The van der Waals surface area contributed by atoms with Gasteiger partial charge in [0.05, 0.1) is 12.2 Å². The summed E-state index contributed by atoms with van der Waals surface area (Å²) in [7, 11) is -3.01. The van der Waals surface area contributed by atoms with Crippen LogP contribution in [0.15, 0.2) is 0 Å². The first-order valence-corrected chi connectivity index (χ1v) is 8.28. The summed E-state index contributed by atoms with van der Waals surface area (Å²) in [6.07, 6.45) is 3.28. The number of hydrogen-bond donors (Lipinski definition) is 3. The fraction of sp³-hybridized carbons (Fsp3) is 0.818. The molecule has 8 heteroatoms. The summed E-state index contributed by atoms with van der Waals surface area (Å²) >= 11 is 0. The summed E-state index contributed by atoms with van der Waals surface area (Å²) in [5, 5.41) is 13.9. The van der Waals surface area contributed by atoms with Gasteiger partial charge >= 0.3 is 12.0 Å². The van der Waals surface area contributed by atoms with Crippen LogP contribution in [0.4, 0.5) is 4.79 Å². The number of sulfone groups is 1. The molecule has 7 nitrogen and oxygen atoms in total. The highest BCUT2D eigenvalue weighted by molar-refractivity contribution is 7.90. The van der Waals surface area contributed by atoms with Crippen LogP contribution in [0.1, 0.15) is 25.7 Å². The fourth-order valence-corrected chi connectivity index (χ4v) is 2.45. The van der Waals surface area contributed by atoms with Gasteiger partial charge in [0.2, 0.25) is 0 Å². The van der Waals surface area contributed by atoms with E-state index in [-0.39, 0.29) is 30.7 Å². The van der Waals surface area contributed by atoms with Gasteiger partial charge in [-0.3, -0.25) is 4.79 Å². The minimum Gasteiger partial charge on any atom is -0.481 e. The average Bonchev–Trinajstić information content (AvgIpc) is 3.05. The lowest BCUT2D eigenvalue weighted by atomic mass is 10.1. The topological polar surface area (TPSA) is 113 Å². The van der Waals surface area contributed by atoms with Crippen molar-refractivity contribution in [3.63, 3.8) is 0 Å². The highest BCUT2D eigenvalue weighted by Gasteiger charge is 2.33. The lowest BCUT2D eigenvalue weighted by Crippen LogP contribution is -2.44. The number of amides is 2. The molecule has 0 heterocycles. The molecule has 1 fully saturated rings. The van der Waals surface area contributed by atoms with Gasteiger partial charge in [0.15, 0.2) is 0 Å². The molecule has 0 spiro atoms. The van der Waals surface area contributed by atoms with Crippen molar-refractivity contribution in [3.05, 3.63) is 0 Å². The number of carbonyl (C=O) groups is 2. The lowest BCUT2D eigenvalue weighted by molar-refractivity contribution is -0.137. The van der Waals surface area contributed by atoms with Crippen LogP contribution < -0.4 is 10.6 Å². The standard InChI is InChI=1S/C11H20N2O5S/c1-19(17,18)6-2-5-12-11(16)13-9(7-10(14)15)8-3-4-8/h8-9H,2-7H2,1H3,(H,14,15)(H2,12,13,16). The SMILES string of the molecule is CS(=O)(=O)CCCNC(=O)NC(CC(=O)O)C1CC1. The second kappa shape index (κ2) is 6.74. The molecule has 0 aliphatic heterocycles. The van der Waals surface area contributed by atoms with Crippen molar-refractivity contribution in [1.29, 1.82) is 0 Å². The highest BCUT2D eigenvalue weighted by Crippen LogP contribution is 2.33. The van der Waals surface area contributed by atoms with Crippen molar-refractivity contribution in [2.75, 3.05) is 18.6 Å². The van der Waals surface area contributed by atoms with E-state index < -0.39 is 21.8 Å². The van der Waals surface area contributed by atoms with Gasteiger partial charge in [-0.25, -0.2) is 13.2 Å². The Balaban J connectivity index is 2.23. The third kappa shape index (κ3) is 7.66. The summed E-state index contributed by atoms with van der Waals surface area (Å²) in [4.78, 5) is 22.2. The molecular formula is C11H20N2O5S. The Morgan fingerprint density at radius 1 is 1.37 bits per heavy atom. The molecule has 1 aliphatic rings. The molecule has 0 saturated heterocycles. The normalized spacial score (nSPS) is 16.7. The van der Waals surface area contributed by atoms with Crippen molar-refractivity contribution in [1.82, 2.24) is 10.6 Å². The zero-order chi connectivity index (χ0) is 14.5. The van der Waals surface area contributed by atoms with E-state index in [4.69, 9.17) is 5.11 Å². The third-order valence-corrected chi connectivity index (χ3v) is 3.91. The molecule has 0 bridgehead atoms. The Morgan fingerprint density at radius 3 is 2.47 bits per heavy atom. The van der Waals surface area contributed by atoms with Crippen LogP contribution in [0.3, 0.4) is 0 Å². The smallest absolute Gasteiger partial charge is 0.315 e. The fourth-order valence-electron chi connectivity index (χ4n) is 1.78. The van der Waals surface area contributed by atoms with Gasteiger partial charge in [-0.1, -0.05) is 0 Å². The number of carboxylic acid groups (broad SMARTS) is 1. The molecule has 1 saturated carbocycles. The first kappa shape index (κ1) is 15.7. The number of nitrogens with one attached hydrogen (secondary N) is 2. The minimum absolute atomic E-state index is 0.0223. The molecule has 110 valence electrons. The van der Waals surface area contributed by atoms with E-state index in [1.54, 1.807) is 0 Å². The number of rotatable bonds is 8. The van der Waals surface area contributed by atoms with Crippen LogP contribution in [0, 0.1) is 5.92 Å². The maximum atomic E-state index is 11.5. The molecule has 1 atom stereocenters. The molecule has 1 unspecified atom stereocenters. The Kier molecular flexibility index (Phi) is 5.59. The molecular weight excluding hydrogens is 272 g/mol. The molecule has 2 amide bonds. The van der Waals surface area contributed by atoms with Crippen LogP contribution in [-0.4, -0.2) is 50.1 Å². The van der Waals surface area contributed by atoms with Crippen molar-refractivity contribution in [2.24, 2.45) is 5.92 Å². The Bertz CT molecular complexity index is 430. The first-order valence-electron chi connectivity index (χ1n) is 6.22. The molecule has 1 rings (SSSR count). The van der Waals surface area contributed by atoms with Gasteiger partial charge in [0.25, 0.3) is 0 Å². The second-order valence-electron chi connectivity index (χ2n) is 4.93. The monoisotopic (exact) mass is 292 g/mol. The van der Waals surface area contributed by atoms with Gasteiger partial charge in [-0.15, -0.1) is 0 Å². The van der Waals surface area contributed by atoms with Crippen LogP contribution >= 0.6 is 0 Å². The predicted octanol–water partition coefficient (Wildman–Crippen LogP) is -0.0264. The lowest BCUT2D eigenvalue weighted by Gasteiger charge is -2.16. The summed E-state index contributed by atoms with van der Waals surface area (Å²) < 4.78 is 21.8. The zero-order valence-electron chi connectivity index (χ0n) is 10.9. The van der Waals surface area contributed by atoms with Crippen LogP contribution in [0.5, 0.6) is 0 Å². The first-order chi connectivity index (χ1) is 8.78. The van der Waals surface area contributed by atoms with Gasteiger partial charge in [0, 0.05) is 18.8 Å². The summed E-state index contributed by atoms with van der Waals surface area (Å²) in [6, 6.07) is -0.779. The number of carboxylic acids is 1. The van der Waals surface area contributed by atoms with E-state index in [0.717, 1.165) is 19.1 Å². The Hall–Kier alpha value is -1.31. The summed E-state index contributed by atoms with van der Waals surface area (Å²) in [6.45, 7) is 0.253. The number of aliphatic carboxylic acids is 1. The van der Waals surface area contributed by atoms with Crippen molar-refractivity contribution in [3.8, 4) is 0 Å². The Labute approximate surface area is 112 Å². The number of hydrogen-bond acceptors (Lipinski definition) is 4. The number of urea groups is 1. The number of carbonyl (C=O) groups excluding carboxylic acids is 1. The molecule has 0 aromatic carbocycles. The quantitative estimate of drug-likeness (QED) is 0.544. The van der Waals surface area contributed by atoms with Crippen molar-refractivity contribution < 1.29 is 23.1 Å². The molecule has 3 N–H and O–H groups in total. The predicted molar refractivity (Wildman–Crippen MR) is 69.6 cm³/mol. The van der Waals surface area contributed by atoms with Crippen LogP contribution in [-0.2, 0) is 14.6 Å². The maximum Gasteiger partial charge on any atom is 0.315 e. The van der Waals surface area contributed by atoms with Crippen molar-refractivity contribution >= 4 is 21.8 Å². The molecule has 19 heavy (non-hydrogen) atoms. The van der Waals surface area contributed by atoms with Gasteiger partial charge < -0.3 is 15.7 Å². The molecule has 0 aromatic rings. The van der Waals surface area contributed by atoms with E-state index in [9.17, 15) is 18.0 Å². The zero-order valence-corrected chi connectivity index (χ0v) is 11.7. The average molecular weight is 292 g/mol. The van der Waals surface area contributed by atoms with E-state index in [1.165, 1.54) is 0 Å². The van der Waals surface area contributed by atoms with Crippen LogP contribution in [0.25, 0.3) is 0 Å². The maximum absolute atomic E-state index is 11.5. The molecule has 0 aromatic heterocycles. The second-order valence-corrected chi connectivity index (χ2v) is 7.19. The minimum atomic E-state index is -3.01. The third-order valence-electron chi connectivity index (χ3n) is 2.88. The Morgan fingerprint density at radius 2 is 2.00 bits per heavy atom.